The van der Waals surface area contributed by atoms with E-state index < -0.39 is 23.3 Å². The fourth-order valence-electron chi connectivity index (χ4n) is 1.52. The summed E-state index contributed by atoms with van der Waals surface area (Å²) < 4.78 is 39.7. The normalized spacial score (nSPS) is 13.9. The van der Waals surface area contributed by atoms with E-state index in [1.54, 1.807) is 13.8 Å². The third-order valence-corrected chi connectivity index (χ3v) is 2.23. The molecule has 0 radical (unpaired) electrons. The van der Waals surface area contributed by atoms with E-state index in [4.69, 9.17) is 5.73 Å². The molecule has 0 heterocycles. The summed E-state index contributed by atoms with van der Waals surface area (Å²) in [5.41, 5.74) is 5.32. The molecule has 90 valence electrons. The number of alkyl halides is 1. The van der Waals surface area contributed by atoms with Gasteiger partial charge in [-0.05, 0) is 50.5 Å². The molecule has 1 nitrogen and oxygen atoms in total. The first-order valence-electron chi connectivity index (χ1n) is 5.11. The zero-order chi connectivity index (χ0) is 12.5. The Kier molecular flexibility index (Phi) is 3.63. The molecule has 1 atom stereocenters. The first kappa shape index (κ1) is 13.0. The van der Waals surface area contributed by atoms with E-state index in [0.717, 1.165) is 6.07 Å². The molecule has 0 saturated heterocycles. The predicted octanol–water partition coefficient (Wildman–Crippen LogP) is 3.28. The van der Waals surface area contributed by atoms with Crippen LogP contribution in [0.4, 0.5) is 13.2 Å². The quantitative estimate of drug-likeness (QED) is 0.848. The van der Waals surface area contributed by atoms with Crippen LogP contribution in [0.3, 0.4) is 0 Å². The van der Waals surface area contributed by atoms with Crippen molar-refractivity contribution in [1.29, 1.82) is 0 Å². The van der Waals surface area contributed by atoms with Crippen molar-refractivity contribution in [2.75, 3.05) is 0 Å². The molecule has 0 spiro atoms. The van der Waals surface area contributed by atoms with E-state index in [0.29, 0.717) is 0 Å². The van der Waals surface area contributed by atoms with E-state index >= 15 is 0 Å². The maximum absolute atomic E-state index is 13.4. The van der Waals surface area contributed by atoms with Crippen molar-refractivity contribution in [2.45, 2.75) is 38.9 Å². The fourth-order valence-corrected chi connectivity index (χ4v) is 1.52. The van der Waals surface area contributed by atoms with Gasteiger partial charge in [-0.2, -0.15) is 0 Å². The van der Waals surface area contributed by atoms with Crippen LogP contribution in [0.1, 0.15) is 38.1 Å². The molecule has 0 fully saturated rings. The lowest BCUT2D eigenvalue weighted by Crippen LogP contribution is -2.34. The van der Waals surface area contributed by atoms with Crippen LogP contribution in [0.25, 0.3) is 0 Å². The molecule has 2 N–H and O–H groups in total. The summed E-state index contributed by atoms with van der Waals surface area (Å²) >= 11 is 0. The molecule has 1 unspecified atom stereocenters. The summed E-state index contributed by atoms with van der Waals surface area (Å²) in [6.45, 7) is 4.69. The Morgan fingerprint density at radius 2 is 1.88 bits per heavy atom. The molecule has 0 bridgehead atoms. The molecule has 1 rings (SSSR count). The molecular weight excluding hydrogens is 215 g/mol. The van der Waals surface area contributed by atoms with Crippen molar-refractivity contribution in [3.8, 4) is 0 Å². The molecule has 0 saturated carbocycles. The van der Waals surface area contributed by atoms with Crippen molar-refractivity contribution in [3.63, 3.8) is 0 Å². The van der Waals surface area contributed by atoms with Crippen LogP contribution in [-0.2, 0) is 6.42 Å². The van der Waals surface area contributed by atoms with Crippen molar-refractivity contribution in [3.05, 3.63) is 34.9 Å². The monoisotopic (exact) mass is 231 g/mol. The Morgan fingerprint density at radius 1 is 1.31 bits per heavy atom. The minimum absolute atomic E-state index is 0.118. The van der Waals surface area contributed by atoms with Gasteiger partial charge in [-0.25, -0.2) is 13.2 Å². The van der Waals surface area contributed by atoms with Crippen LogP contribution in [0.15, 0.2) is 12.1 Å². The lowest BCUT2D eigenvalue weighted by Gasteiger charge is -2.19. The highest BCUT2D eigenvalue weighted by Gasteiger charge is 2.19. The smallest absolute Gasteiger partial charge is 0.162 e. The minimum atomic E-state index is -1.32. The number of hydrogen-bond acceptors (Lipinski definition) is 1. The highest BCUT2D eigenvalue weighted by molar-refractivity contribution is 5.29. The lowest BCUT2D eigenvalue weighted by atomic mass is 9.94. The third-order valence-electron chi connectivity index (χ3n) is 2.23. The maximum Gasteiger partial charge on any atom is 0.162 e. The number of nitrogens with two attached hydrogens (primary N) is 1. The van der Waals surface area contributed by atoms with E-state index in [1.165, 1.54) is 13.0 Å². The van der Waals surface area contributed by atoms with Crippen LogP contribution in [0.5, 0.6) is 0 Å². The third kappa shape index (κ3) is 3.23. The van der Waals surface area contributed by atoms with Gasteiger partial charge in [-0.3, -0.25) is 0 Å². The topological polar surface area (TPSA) is 26.0 Å². The summed E-state index contributed by atoms with van der Waals surface area (Å²) in [7, 11) is 0. The van der Waals surface area contributed by atoms with Crippen molar-refractivity contribution < 1.29 is 13.2 Å². The first-order chi connectivity index (χ1) is 7.20. The van der Waals surface area contributed by atoms with Gasteiger partial charge >= 0.3 is 0 Å². The highest BCUT2D eigenvalue weighted by Crippen LogP contribution is 2.24. The molecule has 0 aliphatic heterocycles. The zero-order valence-electron chi connectivity index (χ0n) is 9.65. The largest absolute Gasteiger partial charge is 0.325 e. The fraction of sp³-hybridized carbons (Fsp3) is 0.500. The number of benzene rings is 1. The number of hydrogen-bond donors (Lipinski definition) is 1. The molecule has 1 aromatic carbocycles. The van der Waals surface area contributed by atoms with Crippen LogP contribution in [0.2, 0.25) is 0 Å². The molecule has 4 heteroatoms. The van der Waals surface area contributed by atoms with E-state index in [9.17, 15) is 13.2 Å². The molecule has 0 aliphatic carbocycles. The predicted molar refractivity (Wildman–Crippen MR) is 57.9 cm³/mol. The van der Waals surface area contributed by atoms with Crippen LogP contribution >= 0.6 is 0 Å². The molecule has 16 heavy (non-hydrogen) atoms. The molecule has 0 aromatic heterocycles. The van der Waals surface area contributed by atoms with Gasteiger partial charge in [0.25, 0.3) is 0 Å². The SMILES string of the molecule is CC(F)c1cc(F)c(F)c(CC(C)(C)N)c1. The zero-order valence-corrected chi connectivity index (χ0v) is 9.65. The molecule has 0 aliphatic rings. The van der Waals surface area contributed by atoms with Crippen LogP contribution in [-0.4, -0.2) is 5.54 Å². The maximum atomic E-state index is 13.4. The Bertz CT molecular complexity index is 381. The van der Waals surface area contributed by atoms with Gasteiger partial charge in [0, 0.05) is 5.54 Å². The summed E-state index contributed by atoms with van der Waals surface area (Å²) in [4.78, 5) is 0. The van der Waals surface area contributed by atoms with Gasteiger partial charge < -0.3 is 5.73 Å². The summed E-state index contributed by atoms with van der Waals surface area (Å²) in [6, 6.07) is 2.21. The summed E-state index contributed by atoms with van der Waals surface area (Å²) in [5, 5.41) is 0. The van der Waals surface area contributed by atoms with Crippen molar-refractivity contribution >= 4 is 0 Å². The highest BCUT2D eigenvalue weighted by atomic mass is 19.2. The van der Waals surface area contributed by atoms with Crippen LogP contribution < -0.4 is 5.73 Å². The van der Waals surface area contributed by atoms with E-state index in [-0.39, 0.29) is 17.5 Å². The Hall–Kier alpha value is -1.03. The van der Waals surface area contributed by atoms with E-state index in [2.05, 4.69) is 0 Å². The van der Waals surface area contributed by atoms with Gasteiger partial charge in [-0.1, -0.05) is 0 Å². The Labute approximate surface area is 93.5 Å². The van der Waals surface area contributed by atoms with Gasteiger partial charge in [-0.15, -0.1) is 0 Å². The second kappa shape index (κ2) is 4.45. The van der Waals surface area contributed by atoms with Gasteiger partial charge in [0.2, 0.25) is 0 Å². The standard InChI is InChI=1S/C12H16F3N/c1-7(13)8-4-9(6-12(2,3)16)11(15)10(14)5-8/h4-5,7H,6,16H2,1-3H3. The molecule has 0 amide bonds. The van der Waals surface area contributed by atoms with Crippen molar-refractivity contribution in [2.24, 2.45) is 5.73 Å². The molecular formula is C12H16F3N. The second-order valence-corrected chi connectivity index (χ2v) is 4.76. The summed E-state index contributed by atoms with van der Waals surface area (Å²) in [6.07, 6.45) is -1.16. The average Bonchev–Trinajstić information content (AvgIpc) is 2.10. The minimum Gasteiger partial charge on any atom is -0.325 e. The van der Waals surface area contributed by atoms with Crippen molar-refractivity contribution in [1.82, 2.24) is 0 Å². The van der Waals surface area contributed by atoms with Gasteiger partial charge in [0.05, 0.1) is 0 Å². The summed E-state index contributed by atoms with van der Waals surface area (Å²) in [5.74, 6) is -1.97. The Balaban J connectivity index is 3.17. The van der Waals surface area contributed by atoms with Gasteiger partial charge in [0.1, 0.15) is 6.17 Å². The first-order valence-corrected chi connectivity index (χ1v) is 5.11. The number of halogens is 3. The Morgan fingerprint density at radius 3 is 2.31 bits per heavy atom. The lowest BCUT2D eigenvalue weighted by molar-refractivity contribution is 0.369. The average molecular weight is 231 g/mol. The number of rotatable bonds is 3. The van der Waals surface area contributed by atoms with Gasteiger partial charge in [0.15, 0.2) is 11.6 Å². The second-order valence-electron chi connectivity index (χ2n) is 4.76. The van der Waals surface area contributed by atoms with E-state index in [1.807, 2.05) is 0 Å². The van der Waals surface area contributed by atoms with Crippen LogP contribution in [0, 0.1) is 11.6 Å². The molecule has 1 aromatic rings.